The van der Waals surface area contributed by atoms with E-state index in [1.165, 1.54) is 7.05 Å². The average molecular weight is 333 g/mol. The van der Waals surface area contributed by atoms with Crippen molar-refractivity contribution < 1.29 is 13.2 Å². The van der Waals surface area contributed by atoms with Crippen molar-refractivity contribution in [3.8, 4) is 0 Å². The lowest BCUT2D eigenvalue weighted by atomic mass is 10.1. The first kappa shape index (κ1) is 17.0. The van der Waals surface area contributed by atoms with E-state index in [-0.39, 0.29) is 5.91 Å². The molecule has 2 aromatic rings. The highest BCUT2D eigenvalue weighted by atomic mass is 32.2. The van der Waals surface area contributed by atoms with Crippen LogP contribution >= 0.6 is 0 Å². The van der Waals surface area contributed by atoms with Gasteiger partial charge >= 0.3 is 0 Å². The van der Waals surface area contributed by atoms with E-state index in [1.807, 2.05) is 12.1 Å². The lowest BCUT2D eigenvalue weighted by Crippen LogP contribution is -2.27. The largest absolute Gasteiger partial charge is 0.346 e. The normalized spacial score (nSPS) is 11.1. The first-order chi connectivity index (χ1) is 10.8. The molecule has 0 unspecified atom stereocenters. The van der Waals surface area contributed by atoms with Gasteiger partial charge in [-0.05, 0) is 36.8 Å². The summed E-state index contributed by atoms with van der Waals surface area (Å²) in [5.41, 5.74) is 2.41. The van der Waals surface area contributed by atoms with Crippen molar-refractivity contribution in [3.05, 3.63) is 59.4 Å². The Morgan fingerprint density at radius 3 is 2.61 bits per heavy atom. The number of aromatic nitrogens is 1. The summed E-state index contributed by atoms with van der Waals surface area (Å²) in [4.78, 5) is 16.4. The van der Waals surface area contributed by atoms with Gasteiger partial charge in [0.2, 0.25) is 10.0 Å². The smallest absolute Gasteiger partial charge is 0.251 e. The highest BCUT2D eigenvalue weighted by Gasteiger charge is 2.16. The minimum atomic E-state index is -3.38. The molecule has 0 fully saturated rings. The Kier molecular flexibility index (Phi) is 5.00. The number of carbonyl (C=O) groups is 1. The third-order valence-corrected chi connectivity index (χ3v) is 4.66. The lowest BCUT2D eigenvalue weighted by Gasteiger charge is -2.19. The minimum Gasteiger partial charge on any atom is -0.346 e. The van der Waals surface area contributed by atoms with Crippen LogP contribution in [-0.4, -0.2) is 32.6 Å². The van der Waals surface area contributed by atoms with Crippen LogP contribution in [0.3, 0.4) is 0 Å². The maximum absolute atomic E-state index is 12.2. The predicted octanol–water partition coefficient (Wildman–Crippen LogP) is 1.72. The summed E-state index contributed by atoms with van der Waals surface area (Å²) in [5, 5.41) is 2.77. The summed E-state index contributed by atoms with van der Waals surface area (Å²) in [7, 11) is -1.92. The third kappa shape index (κ3) is 4.29. The van der Waals surface area contributed by atoms with Crippen LogP contribution in [0.4, 0.5) is 5.69 Å². The molecule has 6 nitrogen and oxygen atoms in total. The van der Waals surface area contributed by atoms with E-state index in [4.69, 9.17) is 0 Å². The molecule has 2 rings (SSSR count). The number of nitrogens with zero attached hydrogens (tertiary/aromatic N) is 2. The van der Waals surface area contributed by atoms with Gasteiger partial charge < -0.3 is 5.32 Å². The van der Waals surface area contributed by atoms with Crippen molar-refractivity contribution in [2.24, 2.45) is 0 Å². The number of amides is 1. The molecule has 0 saturated heterocycles. The van der Waals surface area contributed by atoms with Crippen LogP contribution in [-0.2, 0) is 16.6 Å². The van der Waals surface area contributed by atoms with E-state index in [0.717, 1.165) is 21.8 Å². The van der Waals surface area contributed by atoms with Gasteiger partial charge in [-0.25, -0.2) is 8.42 Å². The van der Waals surface area contributed by atoms with Crippen molar-refractivity contribution >= 4 is 21.6 Å². The van der Waals surface area contributed by atoms with Crippen LogP contribution in [0.15, 0.2) is 42.6 Å². The fourth-order valence-electron chi connectivity index (χ4n) is 2.04. The lowest BCUT2D eigenvalue weighted by molar-refractivity contribution is 0.0950. The second kappa shape index (κ2) is 6.78. The molecule has 0 spiro atoms. The monoisotopic (exact) mass is 333 g/mol. The van der Waals surface area contributed by atoms with E-state index in [0.29, 0.717) is 17.8 Å². The molecule has 23 heavy (non-hydrogen) atoms. The molecule has 0 aliphatic carbocycles. The minimum absolute atomic E-state index is 0.279. The van der Waals surface area contributed by atoms with Crippen molar-refractivity contribution in [2.45, 2.75) is 13.5 Å². The molecule has 0 aliphatic rings. The molecule has 122 valence electrons. The van der Waals surface area contributed by atoms with Crippen molar-refractivity contribution in [3.63, 3.8) is 0 Å². The maximum atomic E-state index is 12.2. The molecule has 1 N–H and O–H groups in total. The number of sulfonamides is 1. The molecule has 1 amide bonds. The highest BCUT2D eigenvalue weighted by molar-refractivity contribution is 7.92. The Bertz CT molecular complexity index is 805. The average Bonchev–Trinajstić information content (AvgIpc) is 2.52. The number of carbonyl (C=O) groups excluding carboxylic acids is 1. The van der Waals surface area contributed by atoms with Crippen LogP contribution in [0.25, 0.3) is 0 Å². The Hall–Kier alpha value is -2.41. The molecule has 7 heteroatoms. The Balaban J connectivity index is 2.18. The summed E-state index contributed by atoms with van der Waals surface area (Å²) in [6, 6.07) is 10.4. The van der Waals surface area contributed by atoms with Gasteiger partial charge in [0.1, 0.15) is 0 Å². The first-order valence-electron chi connectivity index (χ1n) is 7.01. The Morgan fingerprint density at radius 1 is 1.26 bits per heavy atom. The molecular formula is C16H19N3O3S. The Labute approximate surface area is 136 Å². The number of aryl methyl sites for hydroxylation is 1. The SMILES string of the molecule is Cc1ccc(C(=O)NCc2ccccn2)cc1N(C)S(C)(=O)=O. The first-order valence-corrected chi connectivity index (χ1v) is 8.86. The summed E-state index contributed by atoms with van der Waals surface area (Å²) in [5.74, 6) is -0.279. The van der Waals surface area contributed by atoms with E-state index in [2.05, 4.69) is 10.3 Å². The molecule has 1 heterocycles. The van der Waals surface area contributed by atoms with E-state index in [9.17, 15) is 13.2 Å². The molecule has 0 bridgehead atoms. The number of hydrogen-bond acceptors (Lipinski definition) is 4. The third-order valence-electron chi connectivity index (χ3n) is 3.46. The standard InChI is InChI=1S/C16H19N3O3S/c1-12-7-8-13(10-15(12)19(2)23(3,21)22)16(20)18-11-14-6-4-5-9-17-14/h4-10H,11H2,1-3H3,(H,18,20). The Morgan fingerprint density at radius 2 is 2.00 bits per heavy atom. The van der Waals surface area contributed by atoms with Crippen LogP contribution in [0, 0.1) is 6.92 Å². The van der Waals surface area contributed by atoms with E-state index < -0.39 is 10.0 Å². The second-order valence-electron chi connectivity index (χ2n) is 5.24. The summed E-state index contributed by atoms with van der Waals surface area (Å²) < 4.78 is 24.6. The number of anilines is 1. The fraction of sp³-hybridized carbons (Fsp3) is 0.250. The van der Waals surface area contributed by atoms with Crippen LogP contribution in [0.5, 0.6) is 0 Å². The summed E-state index contributed by atoms with van der Waals surface area (Å²) >= 11 is 0. The molecule has 0 saturated carbocycles. The zero-order valence-corrected chi connectivity index (χ0v) is 14.1. The van der Waals surface area contributed by atoms with Crippen molar-refractivity contribution in [2.75, 3.05) is 17.6 Å². The zero-order chi connectivity index (χ0) is 17.0. The number of pyridine rings is 1. The van der Waals surface area contributed by atoms with Crippen LogP contribution in [0.2, 0.25) is 0 Å². The van der Waals surface area contributed by atoms with Gasteiger partial charge in [0.15, 0.2) is 0 Å². The molecule has 1 aromatic heterocycles. The molecule has 0 atom stereocenters. The van der Waals surface area contributed by atoms with Gasteiger partial charge in [-0.15, -0.1) is 0 Å². The number of nitrogens with one attached hydrogen (secondary N) is 1. The van der Waals surface area contributed by atoms with Crippen molar-refractivity contribution in [1.29, 1.82) is 0 Å². The predicted molar refractivity (Wildman–Crippen MR) is 89.8 cm³/mol. The fourth-order valence-corrected chi connectivity index (χ4v) is 2.60. The highest BCUT2D eigenvalue weighted by Crippen LogP contribution is 2.22. The molecule has 0 aliphatic heterocycles. The zero-order valence-electron chi connectivity index (χ0n) is 13.3. The molecule has 1 aromatic carbocycles. The molecular weight excluding hydrogens is 314 g/mol. The van der Waals surface area contributed by atoms with Gasteiger partial charge in [-0.1, -0.05) is 12.1 Å². The maximum Gasteiger partial charge on any atom is 0.251 e. The number of rotatable bonds is 5. The second-order valence-corrected chi connectivity index (χ2v) is 7.25. The molecule has 0 radical (unpaired) electrons. The quantitative estimate of drug-likeness (QED) is 0.903. The van der Waals surface area contributed by atoms with Gasteiger partial charge in [-0.3, -0.25) is 14.1 Å². The van der Waals surface area contributed by atoms with Crippen LogP contribution in [0.1, 0.15) is 21.6 Å². The van der Waals surface area contributed by atoms with E-state index in [1.54, 1.807) is 37.4 Å². The van der Waals surface area contributed by atoms with Crippen LogP contribution < -0.4 is 9.62 Å². The van der Waals surface area contributed by atoms with Gasteiger partial charge in [-0.2, -0.15) is 0 Å². The number of benzene rings is 1. The topological polar surface area (TPSA) is 79.4 Å². The summed E-state index contributed by atoms with van der Waals surface area (Å²) in [6.45, 7) is 2.11. The summed E-state index contributed by atoms with van der Waals surface area (Å²) in [6.07, 6.45) is 2.78. The number of hydrogen-bond donors (Lipinski definition) is 1. The van der Waals surface area contributed by atoms with Crippen molar-refractivity contribution in [1.82, 2.24) is 10.3 Å². The van der Waals surface area contributed by atoms with E-state index >= 15 is 0 Å². The van der Waals surface area contributed by atoms with Gasteiger partial charge in [0, 0.05) is 18.8 Å². The van der Waals surface area contributed by atoms with Gasteiger partial charge in [0.05, 0.1) is 24.2 Å². The van der Waals surface area contributed by atoms with Gasteiger partial charge in [0.25, 0.3) is 5.91 Å².